The van der Waals surface area contributed by atoms with Gasteiger partial charge in [0.2, 0.25) is 0 Å². The highest BCUT2D eigenvalue weighted by atomic mass is 32.1. The molecule has 0 spiro atoms. The van der Waals surface area contributed by atoms with Gasteiger partial charge in [0.15, 0.2) is 9.97 Å². The van der Waals surface area contributed by atoms with Crippen LogP contribution in [0.2, 0.25) is 0 Å². The van der Waals surface area contributed by atoms with E-state index >= 15 is 0 Å². The summed E-state index contributed by atoms with van der Waals surface area (Å²) in [7, 11) is 0. The number of hydrogen-bond donors (Lipinski definition) is 1. The van der Waals surface area contributed by atoms with E-state index in [1.54, 1.807) is 16.7 Å². The minimum absolute atomic E-state index is 0.0131. The molecule has 0 aliphatic carbocycles. The van der Waals surface area contributed by atoms with Crippen LogP contribution in [0.5, 0.6) is 0 Å². The molecule has 0 amide bonds. The Hall–Kier alpha value is -2.09. The highest BCUT2D eigenvalue weighted by molar-refractivity contribution is 7.18. The molecule has 1 aliphatic rings. The summed E-state index contributed by atoms with van der Waals surface area (Å²) in [6.45, 7) is 1.89. The number of para-hydroxylation sites is 1. The summed E-state index contributed by atoms with van der Waals surface area (Å²) >= 11 is 3.32. The summed E-state index contributed by atoms with van der Waals surface area (Å²) in [5.41, 5.74) is 1.99. The van der Waals surface area contributed by atoms with Crippen LogP contribution in [0.15, 0.2) is 46.7 Å². The second-order valence-corrected chi connectivity index (χ2v) is 8.73. The molecule has 1 aliphatic heterocycles. The van der Waals surface area contributed by atoms with Gasteiger partial charge in [-0.3, -0.25) is 9.20 Å². The van der Waals surface area contributed by atoms with Crippen LogP contribution < -0.4 is 10.5 Å². The van der Waals surface area contributed by atoms with Gasteiger partial charge in [0.05, 0.1) is 16.8 Å². The molecule has 5 nitrogen and oxygen atoms in total. The summed E-state index contributed by atoms with van der Waals surface area (Å²) in [5.74, 6) is 0. The van der Waals surface area contributed by atoms with E-state index in [-0.39, 0.29) is 5.56 Å². The fourth-order valence-electron chi connectivity index (χ4n) is 3.84. The molecule has 4 aromatic rings. The standard InChI is InChI=1S/C19H18N4OS2/c24-17-11-13(20-19-23(17)9-10-25-19)12-22-8-4-3-6-15(22)18-21-14-5-1-2-7-16(14)26-18/h1-2,5,7,9-11,15H,3-4,6,8,12H2/p+1/t15-/m0/s1. The average molecular weight is 384 g/mol. The maximum absolute atomic E-state index is 12.3. The zero-order valence-electron chi connectivity index (χ0n) is 14.2. The highest BCUT2D eigenvalue weighted by Gasteiger charge is 2.31. The molecule has 0 bridgehead atoms. The number of quaternary nitrogens is 1. The van der Waals surface area contributed by atoms with Crippen molar-refractivity contribution >= 4 is 37.9 Å². The number of hydrogen-bond acceptors (Lipinski definition) is 5. The normalized spacial score (nSPS) is 20.8. The Balaban J connectivity index is 1.48. The van der Waals surface area contributed by atoms with E-state index in [1.807, 2.05) is 22.8 Å². The van der Waals surface area contributed by atoms with Crippen LogP contribution in [0.4, 0.5) is 0 Å². The summed E-state index contributed by atoms with van der Waals surface area (Å²) in [4.78, 5) is 24.1. The molecule has 0 saturated carbocycles. The Morgan fingerprint density at radius 1 is 1.23 bits per heavy atom. The van der Waals surface area contributed by atoms with Crippen LogP contribution in [-0.4, -0.2) is 20.9 Å². The molecular weight excluding hydrogens is 364 g/mol. The van der Waals surface area contributed by atoms with Crippen LogP contribution in [-0.2, 0) is 6.54 Å². The molecule has 132 valence electrons. The fourth-order valence-corrected chi connectivity index (χ4v) is 5.74. The van der Waals surface area contributed by atoms with Crippen molar-refractivity contribution in [1.29, 1.82) is 0 Å². The number of nitrogens with one attached hydrogen (secondary N) is 1. The van der Waals surface area contributed by atoms with Crippen molar-refractivity contribution in [3.63, 3.8) is 0 Å². The molecule has 1 fully saturated rings. The Morgan fingerprint density at radius 2 is 2.15 bits per heavy atom. The van der Waals surface area contributed by atoms with E-state index in [1.165, 1.54) is 38.8 Å². The second-order valence-electron chi connectivity index (χ2n) is 6.79. The predicted octanol–water partition coefficient (Wildman–Crippen LogP) is 2.68. The van der Waals surface area contributed by atoms with Crippen molar-refractivity contribution in [2.75, 3.05) is 6.54 Å². The minimum Gasteiger partial charge on any atom is -0.322 e. The molecule has 7 heteroatoms. The summed E-state index contributed by atoms with van der Waals surface area (Å²) in [5, 5.41) is 3.13. The van der Waals surface area contributed by atoms with Gasteiger partial charge in [0.25, 0.3) is 5.56 Å². The third kappa shape index (κ3) is 2.86. The maximum atomic E-state index is 12.3. The van der Waals surface area contributed by atoms with E-state index in [9.17, 15) is 4.79 Å². The van der Waals surface area contributed by atoms with E-state index < -0.39 is 0 Å². The first-order valence-corrected chi connectivity index (χ1v) is 10.6. The summed E-state index contributed by atoms with van der Waals surface area (Å²) in [6.07, 6.45) is 5.40. The molecule has 4 heterocycles. The van der Waals surface area contributed by atoms with Crippen LogP contribution in [0, 0.1) is 0 Å². The summed E-state index contributed by atoms with van der Waals surface area (Å²) < 4.78 is 2.87. The van der Waals surface area contributed by atoms with Crippen LogP contribution in [0.25, 0.3) is 15.2 Å². The Morgan fingerprint density at radius 3 is 3.08 bits per heavy atom. The molecule has 1 aromatic carbocycles. The fraction of sp³-hybridized carbons (Fsp3) is 0.316. The van der Waals surface area contributed by atoms with Gasteiger partial charge in [-0.15, -0.1) is 22.7 Å². The first kappa shape index (κ1) is 16.1. The Kier molecular flexibility index (Phi) is 4.07. The van der Waals surface area contributed by atoms with Crippen molar-refractivity contribution < 1.29 is 4.90 Å². The van der Waals surface area contributed by atoms with Gasteiger partial charge in [-0.05, 0) is 25.0 Å². The van der Waals surface area contributed by atoms with Gasteiger partial charge in [0, 0.05) is 24.1 Å². The molecular formula is C19H19N4OS2+. The molecule has 1 N–H and O–H groups in total. The number of thiazole rings is 2. The van der Waals surface area contributed by atoms with Crippen LogP contribution >= 0.6 is 22.7 Å². The second kappa shape index (κ2) is 6.57. The maximum Gasteiger partial charge on any atom is 0.258 e. The third-order valence-corrected chi connectivity index (χ3v) is 7.01. The molecule has 26 heavy (non-hydrogen) atoms. The zero-order valence-corrected chi connectivity index (χ0v) is 15.9. The molecule has 1 saturated heterocycles. The monoisotopic (exact) mass is 383 g/mol. The quantitative estimate of drug-likeness (QED) is 0.592. The topological polar surface area (TPSA) is 51.7 Å². The largest absolute Gasteiger partial charge is 0.322 e. The first-order valence-electron chi connectivity index (χ1n) is 8.94. The van der Waals surface area contributed by atoms with Crippen molar-refractivity contribution in [2.24, 2.45) is 0 Å². The number of fused-ring (bicyclic) bond motifs is 2. The lowest BCUT2D eigenvalue weighted by atomic mass is 10.0. The molecule has 0 radical (unpaired) electrons. The third-order valence-electron chi connectivity index (χ3n) is 5.11. The van der Waals surface area contributed by atoms with Gasteiger partial charge >= 0.3 is 0 Å². The Labute approximate surface area is 158 Å². The lowest BCUT2D eigenvalue weighted by Gasteiger charge is -2.31. The Bertz CT molecular complexity index is 1100. The molecule has 2 atom stereocenters. The van der Waals surface area contributed by atoms with Gasteiger partial charge in [-0.2, -0.15) is 0 Å². The number of aromatic nitrogens is 3. The van der Waals surface area contributed by atoms with Crippen LogP contribution in [0.1, 0.15) is 36.0 Å². The predicted molar refractivity (Wildman–Crippen MR) is 105 cm³/mol. The van der Waals surface area contributed by atoms with Crippen molar-refractivity contribution in [2.45, 2.75) is 31.8 Å². The molecule has 1 unspecified atom stereocenters. The van der Waals surface area contributed by atoms with E-state index in [0.29, 0.717) is 6.04 Å². The number of nitrogens with zero attached hydrogens (tertiary/aromatic N) is 3. The zero-order chi connectivity index (χ0) is 17.5. The first-order chi connectivity index (χ1) is 12.8. The number of rotatable bonds is 3. The van der Waals surface area contributed by atoms with E-state index in [2.05, 4.69) is 18.2 Å². The van der Waals surface area contributed by atoms with Gasteiger partial charge in [-0.25, -0.2) is 9.97 Å². The van der Waals surface area contributed by atoms with Crippen molar-refractivity contribution in [1.82, 2.24) is 14.4 Å². The van der Waals surface area contributed by atoms with Crippen molar-refractivity contribution in [3.05, 3.63) is 63.0 Å². The molecule has 3 aromatic heterocycles. The number of likely N-dealkylation sites (tertiary alicyclic amines) is 1. The average Bonchev–Trinajstić information content (AvgIpc) is 3.29. The highest BCUT2D eigenvalue weighted by Crippen LogP contribution is 2.28. The summed E-state index contributed by atoms with van der Waals surface area (Å²) in [6, 6.07) is 10.4. The minimum atomic E-state index is 0.0131. The molecule has 5 rings (SSSR count). The van der Waals surface area contributed by atoms with Crippen LogP contribution in [0.3, 0.4) is 0 Å². The number of piperidine rings is 1. The SMILES string of the molecule is O=c1cc(C[NH+]2CCCC[C@H]2c2nc3ccccc3s2)nc2sccn12. The smallest absolute Gasteiger partial charge is 0.258 e. The lowest BCUT2D eigenvalue weighted by Crippen LogP contribution is -3.11. The van der Waals surface area contributed by atoms with Crippen molar-refractivity contribution in [3.8, 4) is 0 Å². The van der Waals surface area contributed by atoms with E-state index in [0.717, 1.165) is 35.7 Å². The lowest BCUT2D eigenvalue weighted by molar-refractivity contribution is -0.950. The number of benzene rings is 1. The van der Waals surface area contributed by atoms with E-state index in [4.69, 9.17) is 9.97 Å². The van der Waals surface area contributed by atoms with Gasteiger partial charge in [0.1, 0.15) is 18.3 Å². The van der Waals surface area contributed by atoms with Gasteiger partial charge < -0.3 is 4.90 Å². The van der Waals surface area contributed by atoms with Gasteiger partial charge in [-0.1, -0.05) is 12.1 Å².